The smallest absolute Gasteiger partial charge is 0.396 e. The van der Waals surface area contributed by atoms with E-state index < -0.39 is 16.8 Å². The van der Waals surface area contributed by atoms with Gasteiger partial charge in [-0.15, -0.1) is 0 Å². The van der Waals surface area contributed by atoms with Gasteiger partial charge in [0, 0.05) is 29.8 Å². The highest BCUT2D eigenvalue weighted by Crippen LogP contribution is 2.21. The highest BCUT2D eigenvalue weighted by molar-refractivity contribution is 6.61. The van der Waals surface area contributed by atoms with Gasteiger partial charge in [-0.3, -0.25) is 0 Å². The fourth-order valence-corrected chi connectivity index (χ4v) is 1.25. The van der Waals surface area contributed by atoms with E-state index in [9.17, 15) is 14.7 Å². The number of hydrogen-bond acceptors (Lipinski definition) is 6. The van der Waals surface area contributed by atoms with Gasteiger partial charge in [0.2, 0.25) is 0 Å². The lowest BCUT2D eigenvalue weighted by atomic mass is 10.2. The third kappa shape index (κ3) is 7.70. The molecule has 8 heteroatoms. The average molecular weight is 275 g/mol. The lowest BCUT2D eigenvalue weighted by molar-refractivity contribution is -0.299. The minimum Gasteiger partial charge on any atom is -0.396 e. The van der Waals surface area contributed by atoms with Gasteiger partial charge < -0.3 is 19.7 Å². The number of carbonyl (C=O) groups excluding carboxylic acids is 2. The van der Waals surface area contributed by atoms with Gasteiger partial charge >= 0.3 is 16.8 Å². The molecule has 0 fully saturated rings. The number of carbonyl (C=O) groups is 2. The van der Waals surface area contributed by atoms with Crippen molar-refractivity contribution >= 4 is 34.1 Å². The molecule has 0 saturated heterocycles. The van der Waals surface area contributed by atoms with Gasteiger partial charge in [0.05, 0.1) is 6.42 Å². The van der Waals surface area contributed by atoms with Crippen molar-refractivity contribution in [1.82, 2.24) is 0 Å². The Morgan fingerprint density at radius 1 is 1.06 bits per heavy atom. The van der Waals surface area contributed by atoms with Crippen LogP contribution in [0.3, 0.4) is 0 Å². The standard InChI is InChI=1S/C8H12Cl2O6/c9-6(12)15-8(14,16-7(10)13)4-2-1-3-5-11/h11,14H,1-5H2. The van der Waals surface area contributed by atoms with Crippen LogP contribution in [0.2, 0.25) is 0 Å². The number of hydrogen-bond donors (Lipinski definition) is 2. The van der Waals surface area contributed by atoms with Crippen LogP contribution in [0.4, 0.5) is 9.59 Å². The summed E-state index contributed by atoms with van der Waals surface area (Å²) < 4.78 is 8.44. The molecule has 0 unspecified atom stereocenters. The topological polar surface area (TPSA) is 93.1 Å². The van der Waals surface area contributed by atoms with Gasteiger partial charge in [0.15, 0.2) is 0 Å². The molecule has 16 heavy (non-hydrogen) atoms. The molecule has 0 aromatic rings. The van der Waals surface area contributed by atoms with Crippen molar-refractivity contribution in [3.8, 4) is 0 Å². The summed E-state index contributed by atoms with van der Waals surface area (Å²) in [4.78, 5) is 20.9. The Labute approximate surface area is 102 Å². The molecule has 0 aliphatic carbocycles. The van der Waals surface area contributed by atoms with Gasteiger partial charge in [-0.25, -0.2) is 9.59 Å². The predicted octanol–water partition coefficient (Wildman–Crippen LogP) is 1.94. The Kier molecular flexibility index (Phi) is 7.40. The fourth-order valence-electron chi connectivity index (χ4n) is 1.01. The van der Waals surface area contributed by atoms with E-state index in [4.69, 9.17) is 28.3 Å². The van der Waals surface area contributed by atoms with E-state index in [0.29, 0.717) is 19.3 Å². The molecule has 0 bridgehead atoms. The molecule has 6 nitrogen and oxygen atoms in total. The summed E-state index contributed by atoms with van der Waals surface area (Å²) >= 11 is 9.78. The molecule has 0 radical (unpaired) electrons. The fraction of sp³-hybridized carbons (Fsp3) is 0.750. The number of aliphatic hydroxyl groups is 2. The second-order valence-electron chi connectivity index (χ2n) is 2.93. The maximum Gasteiger partial charge on any atom is 0.408 e. The van der Waals surface area contributed by atoms with Gasteiger partial charge in [0.25, 0.3) is 0 Å². The molecule has 0 rings (SSSR count). The molecular formula is C8H12Cl2O6. The van der Waals surface area contributed by atoms with E-state index in [1.807, 2.05) is 0 Å². The lowest BCUT2D eigenvalue weighted by Gasteiger charge is -2.24. The molecule has 0 aliphatic heterocycles. The van der Waals surface area contributed by atoms with Crippen LogP contribution in [-0.4, -0.2) is 33.7 Å². The Balaban J connectivity index is 4.18. The van der Waals surface area contributed by atoms with Crippen molar-refractivity contribution in [3.63, 3.8) is 0 Å². The van der Waals surface area contributed by atoms with Crippen LogP contribution in [0.25, 0.3) is 0 Å². The van der Waals surface area contributed by atoms with E-state index in [0.717, 1.165) is 0 Å². The van der Waals surface area contributed by atoms with E-state index in [-0.39, 0.29) is 13.0 Å². The highest BCUT2D eigenvalue weighted by atomic mass is 35.5. The third-order valence-electron chi connectivity index (χ3n) is 1.63. The summed E-state index contributed by atoms with van der Waals surface area (Å²) in [6.45, 7) is 0.00299. The summed E-state index contributed by atoms with van der Waals surface area (Å²) in [5, 5.41) is 18.0. The SMILES string of the molecule is O=C(Cl)OC(O)(CCCCCO)OC(=O)Cl. The molecule has 2 N–H and O–H groups in total. The van der Waals surface area contributed by atoms with Crippen LogP contribution in [0.5, 0.6) is 0 Å². The van der Waals surface area contributed by atoms with Crippen LogP contribution < -0.4 is 0 Å². The molecule has 0 aliphatic rings. The van der Waals surface area contributed by atoms with Crippen LogP contribution in [0.15, 0.2) is 0 Å². The number of rotatable bonds is 7. The summed E-state index contributed by atoms with van der Waals surface area (Å²) in [6, 6.07) is 0. The van der Waals surface area contributed by atoms with Crippen molar-refractivity contribution in [2.45, 2.75) is 31.7 Å². The number of unbranched alkanes of at least 4 members (excludes halogenated alkanes) is 2. The first-order chi connectivity index (χ1) is 7.39. The van der Waals surface area contributed by atoms with Gasteiger partial charge in [-0.05, 0) is 12.8 Å². The zero-order valence-electron chi connectivity index (χ0n) is 8.32. The second-order valence-corrected chi connectivity index (χ2v) is 3.54. The van der Waals surface area contributed by atoms with Gasteiger partial charge in [-0.2, -0.15) is 0 Å². The molecule has 0 aromatic heterocycles. The van der Waals surface area contributed by atoms with Crippen molar-refractivity contribution in [2.24, 2.45) is 0 Å². The van der Waals surface area contributed by atoms with Crippen molar-refractivity contribution < 1.29 is 29.3 Å². The van der Waals surface area contributed by atoms with Crippen molar-refractivity contribution in [1.29, 1.82) is 0 Å². The highest BCUT2D eigenvalue weighted by Gasteiger charge is 2.35. The van der Waals surface area contributed by atoms with Gasteiger partial charge in [0.1, 0.15) is 0 Å². The monoisotopic (exact) mass is 274 g/mol. The third-order valence-corrected chi connectivity index (χ3v) is 1.78. The predicted molar refractivity (Wildman–Crippen MR) is 55.2 cm³/mol. The first kappa shape index (κ1) is 15.4. The normalized spacial score (nSPS) is 11.0. The maximum absolute atomic E-state index is 10.4. The van der Waals surface area contributed by atoms with E-state index in [2.05, 4.69) is 9.47 Å². The van der Waals surface area contributed by atoms with E-state index >= 15 is 0 Å². The summed E-state index contributed by atoms with van der Waals surface area (Å²) in [7, 11) is 0. The summed E-state index contributed by atoms with van der Waals surface area (Å²) in [5.74, 6) is -2.45. The average Bonchev–Trinajstić information content (AvgIpc) is 2.09. The van der Waals surface area contributed by atoms with Crippen LogP contribution >= 0.6 is 23.2 Å². The molecule has 0 amide bonds. The minimum atomic E-state index is -2.45. The molecule has 0 atom stereocenters. The van der Waals surface area contributed by atoms with Crippen LogP contribution in [0, 0.1) is 0 Å². The zero-order valence-corrected chi connectivity index (χ0v) is 9.83. The van der Waals surface area contributed by atoms with Crippen molar-refractivity contribution in [3.05, 3.63) is 0 Å². The largest absolute Gasteiger partial charge is 0.408 e. The van der Waals surface area contributed by atoms with Crippen molar-refractivity contribution in [2.75, 3.05) is 6.61 Å². The zero-order chi connectivity index (χ0) is 12.6. The molecule has 0 saturated carbocycles. The maximum atomic E-state index is 10.4. The van der Waals surface area contributed by atoms with E-state index in [1.165, 1.54) is 0 Å². The number of aliphatic hydroxyl groups excluding tert-OH is 1. The van der Waals surface area contributed by atoms with Crippen LogP contribution in [0.1, 0.15) is 25.7 Å². The molecule has 0 spiro atoms. The number of ether oxygens (including phenoxy) is 2. The molecular weight excluding hydrogens is 263 g/mol. The first-order valence-corrected chi connectivity index (χ1v) is 5.25. The molecule has 0 heterocycles. The van der Waals surface area contributed by atoms with Gasteiger partial charge in [-0.1, -0.05) is 6.42 Å². The Morgan fingerprint density at radius 3 is 1.94 bits per heavy atom. The summed E-state index contributed by atoms with van der Waals surface area (Å²) in [5.41, 5.74) is -2.63. The second kappa shape index (κ2) is 7.67. The molecule has 0 aromatic carbocycles. The minimum absolute atomic E-state index is 0.00299. The molecule has 94 valence electrons. The van der Waals surface area contributed by atoms with Crippen LogP contribution in [-0.2, 0) is 9.47 Å². The van der Waals surface area contributed by atoms with E-state index in [1.54, 1.807) is 0 Å². The Morgan fingerprint density at radius 2 is 1.56 bits per heavy atom. The summed E-state index contributed by atoms with van der Waals surface area (Å²) in [6.07, 6.45) is 1.24. The first-order valence-electron chi connectivity index (χ1n) is 4.50. The lowest BCUT2D eigenvalue weighted by Crippen LogP contribution is -2.37. The quantitative estimate of drug-likeness (QED) is 0.419. The number of halogens is 2. The Bertz CT molecular complexity index is 229. The Hall–Kier alpha value is -0.560.